The van der Waals surface area contributed by atoms with E-state index in [1.54, 1.807) is 0 Å². The fraction of sp³-hybridized carbons (Fsp3) is 0.556. The van der Waals surface area contributed by atoms with Crippen molar-refractivity contribution in [2.24, 2.45) is 0 Å². The van der Waals surface area contributed by atoms with Crippen LogP contribution in [0.3, 0.4) is 0 Å². The van der Waals surface area contributed by atoms with Gasteiger partial charge in [0, 0.05) is 0 Å². The Hall–Kier alpha value is -0.523. The van der Waals surface area contributed by atoms with Gasteiger partial charge >= 0.3 is 0 Å². The second kappa shape index (κ2) is 5.17. The summed E-state index contributed by atoms with van der Waals surface area (Å²) in [4.78, 5) is 0. The van der Waals surface area contributed by atoms with Gasteiger partial charge in [0.25, 0.3) is 0 Å². The van der Waals surface area contributed by atoms with Crippen molar-refractivity contribution >= 4 is 8.07 Å². The zero-order chi connectivity index (χ0) is 8.74. The molecule has 2 heteroatoms. The Morgan fingerprint density at radius 2 is 1.91 bits per heavy atom. The average Bonchev–Trinajstić information content (AvgIpc) is 1.85. The maximum Gasteiger partial charge on any atom is 0.129 e. The van der Waals surface area contributed by atoms with E-state index in [9.17, 15) is 0 Å². The van der Waals surface area contributed by atoms with Gasteiger partial charge in [0.1, 0.15) is 14.7 Å². The highest BCUT2D eigenvalue weighted by molar-refractivity contribution is 6.83. The van der Waals surface area contributed by atoms with E-state index in [4.69, 9.17) is 4.74 Å². The first-order valence-electron chi connectivity index (χ1n) is 3.64. The van der Waals surface area contributed by atoms with Crippen LogP contribution in [0.5, 0.6) is 0 Å². The van der Waals surface area contributed by atoms with Crippen molar-refractivity contribution in [2.75, 3.05) is 13.2 Å². The third-order valence-electron chi connectivity index (χ3n) is 0.842. The fourth-order valence-corrected chi connectivity index (χ4v) is 1.08. The van der Waals surface area contributed by atoms with Crippen LogP contribution in [0.2, 0.25) is 19.6 Å². The summed E-state index contributed by atoms with van der Waals surface area (Å²) in [5.41, 5.74) is 3.20. The first kappa shape index (κ1) is 10.5. The van der Waals surface area contributed by atoms with Crippen LogP contribution in [0.25, 0.3) is 0 Å². The minimum absolute atomic E-state index is 0.473. The van der Waals surface area contributed by atoms with Gasteiger partial charge in [0.15, 0.2) is 0 Å². The summed E-state index contributed by atoms with van der Waals surface area (Å²) in [6, 6.07) is 0. The standard InChI is InChI=1S/C9H15OSi/c1-5-7-10-8-6-9-11(2,3)4/h1,7-8H2,2-4H3. The van der Waals surface area contributed by atoms with Crippen molar-refractivity contribution in [2.45, 2.75) is 19.6 Å². The summed E-state index contributed by atoms with van der Waals surface area (Å²) in [6.45, 7) is 11.0. The van der Waals surface area contributed by atoms with Gasteiger partial charge in [-0.25, -0.2) is 0 Å². The van der Waals surface area contributed by atoms with E-state index in [1.807, 2.05) is 0 Å². The van der Waals surface area contributed by atoms with Gasteiger partial charge in [-0.15, -0.1) is 5.54 Å². The Bertz CT molecular complexity index is 168. The van der Waals surface area contributed by atoms with Crippen LogP contribution in [0.1, 0.15) is 0 Å². The summed E-state index contributed by atoms with van der Waals surface area (Å²) in [7, 11) is -1.19. The Morgan fingerprint density at radius 1 is 1.27 bits per heavy atom. The van der Waals surface area contributed by atoms with E-state index in [-0.39, 0.29) is 0 Å². The van der Waals surface area contributed by atoms with E-state index in [0.717, 1.165) is 0 Å². The number of hydrogen-bond acceptors (Lipinski definition) is 1. The van der Waals surface area contributed by atoms with Crippen LogP contribution in [-0.2, 0) is 4.74 Å². The van der Waals surface area contributed by atoms with Gasteiger partial charge in [-0.05, 0) is 6.08 Å². The highest BCUT2D eigenvalue weighted by Gasteiger charge is 2.06. The van der Waals surface area contributed by atoms with Crippen LogP contribution < -0.4 is 0 Å². The highest BCUT2D eigenvalue weighted by Crippen LogP contribution is 1.95. The van der Waals surface area contributed by atoms with Gasteiger partial charge in [0.05, 0.1) is 6.61 Å². The van der Waals surface area contributed by atoms with E-state index in [0.29, 0.717) is 13.2 Å². The van der Waals surface area contributed by atoms with Crippen molar-refractivity contribution in [1.29, 1.82) is 0 Å². The SMILES string of the molecule is C=[C]COCC#C[Si](C)(C)C. The van der Waals surface area contributed by atoms with E-state index >= 15 is 0 Å². The smallest absolute Gasteiger partial charge is 0.129 e. The number of rotatable bonds is 3. The molecule has 1 nitrogen and oxygen atoms in total. The van der Waals surface area contributed by atoms with E-state index in [2.05, 4.69) is 43.8 Å². The zero-order valence-corrected chi connectivity index (χ0v) is 8.53. The number of ether oxygens (including phenoxy) is 1. The summed E-state index contributed by atoms with van der Waals surface area (Å²) in [6.07, 6.45) is 2.64. The molecule has 1 radical (unpaired) electrons. The lowest BCUT2D eigenvalue weighted by Gasteiger charge is -2.03. The van der Waals surface area contributed by atoms with Gasteiger partial charge < -0.3 is 4.74 Å². The molecule has 0 unspecified atom stereocenters. The third-order valence-corrected chi connectivity index (χ3v) is 1.77. The van der Waals surface area contributed by atoms with Gasteiger partial charge in [0.2, 0.25) is 0 Å². The molecule has 0 saturated heterocycles. The first-order chi connectivity index (χ1) is 5.06. The second-order valence-corrected chi connectivity index (χ2v) is 8.04. The molecule has 11 heavy (non-hydrogen) atoms. The summed E-state index contributed by atoms with van der Waals surface area (Å²) >= 11 is 0. The quantitative estimate of drug-likeness (QED) is 0.354. The zero-order valence-electron chi connectivity index (χ0n) is 7.53. The fourth-order valence-electron chi connectivity index (χ4n) is 0.475. The molecule has 0 aromatic heterocycles. The Morgan fingerprint density at radius 3 is 2.36 bits per heavy atom. The normalized spacial score (nSPS) is 10.1. The predicted molar refractivity (Wildman–Crippen MR) is 50.8 cm³/mol. The molecule has 0 bridgehead atoms. The second-order valence-electron chi connectivity index (χ2n) is 3.29. The Labute approximate surface area is 70.5 Å². The van der Waals surface area contributed by atoms with Crippen molar-refractivity contribution in [3.63, 3.8) is 0 Å². The Balaban J connectivity index is 3.48. The van der Waals surface area contributed by atoms with Crippen molar-refractivity contribution in [1.82, 2.24) is 0 Å². The summed E-state index contributed by atoms with van der Waals surface area (Å²) in [5.74, 6) is 2.98. The lowest BCUT2D eigenvalue weighted by Crippen LogP contribution is -2.16. The molecule has 0 aliphatic carbocycles. The van der Waals surface area contributed by atoms with E-state index in [1.165, 1.54) is 0 Å². The molecule has 0 fully saturated rings. The maximum absolute atomic E-state index is 5.05. The summed E-state index contributed by atoms with van der Waals surface area (Å²) in [5, 5.41) is 0. The molecule has 0 aliphatic rings. The van der Waals surface area contributed by atoms with Crippen LogP contribution in [0.15, 0.2) is 6.58 Å². The molecule has 0 N–H and O–H groups in total. The minimum Gasteiger partial charge on any atom is -0.364 e. The monoisotopic (exact) mass is 167 g/mol. The van der Waals surface area contributed by atoms with Crippen molar-refractivity contribution < 1.29 is 4.74 Å². The molecule has 0 atom stereocenters. The molecule has 0 aromatic carbocycles. The van der Waals surface area contributed by atoms with Crippen molar-refractivity contribution in [3.8, 4) is 11.5 Å². The molecule has 0 aromatic rings. The van der Waals surface area contributed by atoms with Crippen molar-refractivity contribution in [3.05, 3.63) is 12.7 Å². The lowest BCUT2D eigenvalue weighted by atomic mass is 10.7. The molecule has 0 amide bonds. The molecular formula is C9H15OSi. The minimum atomic E-state index is -1.19. The van der Waals surface area contributed by atoms with Crippen LogP contribution in [0, 0.1) is 17.5 Å². The predicted octanol–water partition coefficient (Wildman–Crippen LogP) is 1.87. The van der Waals surface area contributed by atoms with Gasteiger partial charge in [-0.1, -0.05) is 32.1 Å². The third kappa shape index (κ3) is 9.48. The van der Waals surface area contributed by atoms with Gasteiger partial charge in [-0.2, -0.15) is 0 Å². The van der Waals surface area contributed by atoms with E-state index < -0.39 is 8.07 Å². The number of hydrogen-bond donors (Lipinski definition) is 0. The lowest BCUT2D eigenvalue weighted by molar-refractivity contribution is 0.195. The molecule has 0 aliphatic heterocycles. The van der Waals surface area contributed by atoms with Crippen LogP contribution >= 0.6 is 0 Å². The largest absolute Gasteiger partial charge is 0.364 e. The molecule has 0 spiro atoms. The molecule has 0 heterocycles. The molecule has 0 rings (SSSR count). The topological polar surface area (TPSA) is 9.23 Å². The summed E-state index contributed by atoms with van der Waals surface area (Å²) < 4.78 is 5.05. The first-order valence-corrected chi connectivity index (χ1v) is 7.14. The molecular weight excluding hydrogens is 152 g/mol. The van der Waals surface area contributed by atoms with Crippen LogP contribution in [-0.4, -0.2) is 21.3 Å². The van der Waals surface area contributed by atoms with Crippen LogP contribution in [0.4, 0.5) is 0 Å². The molecule has 61 valence electrons. The molecule has 0 saturated carbocycles. The highest BCUT2D eigenvalue weighted by atomic mass is 28.3. The van der Waals surface area contributed by atoms with Gasteiger partial charge in [-0.3, -0.25) is 0 Å². The average molecular weight is 167 g/mol. The maximum atomic E-state index is 5.05. The Kier molecular flexibility index (Phi) is 4.92.